The molecule has 1 atom stereocenters. The Bertz CT molecular complexity index is 1400. The summed E-state index contributed by atoms with van der Waals surface area (Å²) in [7, 11) is 6.50. The zero-order valence-corrected chi connectivity index (χ0v) is 21.4. The van der Waals surface area contributed by atoms with Gasteiger partial charge >= 0.3 is 5.97 Å². The predicted octanol–water partition coefficient (Wildman–Crippen LogP) is 4.83. The Kier molecular flexibility index (Phi) is 7.22. The monoisotopic (exact) mass is 520 g/mol. The number of carbonyl (C=O) groups excluding carboxylic acids is 3. The van der Waals surface area contributed by atoms with Gasteiger partial charge in [0.05, 0.1) is 37.0 Å². The first-order valence-corrected chi connectivity index (χ1v) is 11.7. The molecule has 1 heterocycles. The average Bonchev–Trinajstić information content (AvgIpc) is 3.17. The lowest BCUT2D eigenvalue weighted by atomic mass is 9.94. The summed E-state index contributed by atoms with van der Waals surface area (Å²) in [4.78, 5) is 41.9. The van der Waals surface area contributed by atoms with Crippen molar-refractivity contribution in [3.05, 3.63) is 94.0 Å². The molecular weight excluding hydrogens is 496 g/mol. The Hall–Kier alpha value is -4.30. The van der Waals surface area contributed by atoms with Gasteiger partial charge in [-0.2, -0.15) is 0 Å². The van der Waals surface area contributed by atoms with Crippen LogP contribution in [0, 0.1) is 0 Å². The zero-order chi connectivity index (χ0) is 26.9. The Morgan fingerprint density at radius 2 is 1.62 bits per heavy atom. The summed E-state index contributed by atoms with van der Waals surface area (Å²) in [5.74, 6) is -2.34. The van der Waals surface area contributed by atoms with Crippen molar-refractivity contribution >= 4 is 46.4 Å². The molecule has 1 saturated heterocycles. The molecule has 0 radical (unpaired) electrons. The summed E-state index contributed by atoms with van der Waals surface area (Å²) < 4.78 is 10.1. The second-order valence-corrected chi connectivity index (χ2v) is 8.97. The fraction of sp³-hybridized carbons (Fsp3) is 0.179. The summed E-state index contributed by atoms with van der Waals surface area (Å²) in [5, 5.41) is 11.7. The van der Waals surface area contributed by atoms with Crippen LogP contribution in [0.4, 0.5) is 11.4 Å². The van der Waals surface area contributed by atoms with Gasteiger partial charge in [0.15, 0.2) is 0 Å². The molecule has 3 aromatic carbocycles. The lowest BCUT2D eigenvalue weighted by Gasteiger charge is -2.26. The molecule has 1 aliphatic rings. The molecule has 3 aromatic rings. The van der Waals surface area contributed by atoms with E-state index in [0.717, 1.165) is 5.69 Å². The maximum absolute atomic E-state index is 13.4. The summed E-state index contributed by atoms with van der Waals surface area (Å²) in [6.07, 6.45) is 0. The van der Waals surface area contributed by atoms with Gasteiger partial charge in [0.1, 0.15) is 11.5 Å². The summed E-state index contributed by atoms with van der Waals surface area (Å²) in [5.41, 5.74) is 2.25. The highest BCUT2D eigenvalue weighted by Gasteiger charge is 2.47. The maximum Gasteiger partial charge on any atom is 0.337 e. The number of benzene rings is 3. The lowest BCUT2D eigenvalue weighted by molar-refractivity contribution is -0.132. The molecule has 0 aliphatic carbocycles. The van der Waals surface area contributed by atoms with Gasteiger partial charge < -0.3 is 19.5 Å². The van der Waals surface area contributed by atoms with Crippen molar-refractivity contribution in [1.82, 2.24) is 0 Å². The first-order chi connectivity index (χ1) is 17.7. The molecule has 1 fully saturated rings. The van der Waals surface area contributed by atoms with Gasteiger partial charge in [0.25, 0.3) is 11.7 Å². The van der Waals surface area contributed by atoms with Crippen molar-refractivity contribution in [2.75, 3.05) is 38.1 Å². The molecule has 1 N–H and O–H groups in total. The van der Waals surface area contributed by atoms with Crippen LogP contribution < -0.4 is 14.5 Å². The van der Waals surface area contributed by atoms with Crippen LogP contribution in [-0.2, 0) is 14.3 Å². The van der Waals surface area contributed by atoms with Crippen molar-refractivity contribution in [3.8, 4) is 5.75 Å². The Labute approximate surface area is 219 Å². The number of ketones is 1. The number of aliphatic hydroxyl groups excluding tert-OH is 1. The van der Waals surface area contributed by atoms with Crippen molar-refractivity contribution in [3.63, 3.8) is 0 Å². The van der Waals surface area contributed by atoms with Gasteiger partial charge in [-0.1, -0.05) is 23.7 Å². The number of amides is 1. The van der Waals surface area contributed by atoms with E-state index in [1.807, 2.05) is 31.1 Å². The summed E-state index contributed by atoms with van der Waals surface area (Å²) >= 11 is 6.17. The Morgan fingerprint density at radius 1 is 0.973 bits per heavy atom. The van der Waals surface area contributed by atoms with Crippen molar-refractivity contribution in [2.24, 2.45) is 0 Å². The third-order valence-electron chi connectivity index (χ3n) is 6.15. The van der Waals surface area contributed by atoms with Gasteiger partial charge in [0.2, 0.25) is 0 Å². The molecule has 0 spiro atoms. The van der Waals surface area contributed by atoms with E-state index in [-0.39, 0.29) is 16.9 Å². The van der Waals surface area contributed by atoms with Crippen molar-refractivity contribution in [2.45, 2.75) is 6.04 Å². The molecule has 0 bridgehead atoms. The van der Waals surface area contributed by atoms with E-state index in [9.17, 15) is 19.5 Å². The summed E-state index contributed by atoms with van der Waals surface area (Å²) in [6, 6.07) is 17.1. The Balaban J connectivity index is 1.93. The smallest absolute Gasteiger partial charge is 0.337 e. The molecule has 1 unspecified atom stereocenters. The highest BCUT2D eigenvalue weighted by Crippen LogP contribution is 2.44. The molecule has 0 saturated carbocycles. The first kappa shape index (κ1) is 25.8. The van der Waals surface area contributed by atoms with E-state index >= 15 is 0 Å². The van der Waals surface area contributed by atoms with Crippen molar-refractivity contribution < 1.29 is 29.0 Å². The standard InChI is InChI=1S/C28H25ClN2O6/c1-30(2)19-10-5-16(6-11-19)24-23(25(32)21-15-18(29)9-14-22(21)36-3)26(33)27(34)31(24)20-12-7-17(8-13-20)28(35)37-4/h5-15,24,32H,1-4H3/b25-23+. The SMILES string of the molecule is COC(=O)c1ccc(N2C(=O)C(=O)/C(=C(/O)c3cc(Cl)ccc3OC)C2c2ccc(N(C)C)cc2)cc1. The minimum absolute atomic E-state index is 0.111. The van der Waals surface area contributed by atoms with Crippen LogP contribution in [0.3, 0.4) is 0 Å². The molecular formula is C28H25ClN2O6. The van der Waals surface area contributed by atoms with Crippen LogP contribution in [0.5, 0.6) is 5.75 Å². The average molecular weight is 521 g/mol. The van der Waals surface area contributed by atoms with E-state index in [2.05, 4.69) is 0 Å². The molecule has 4 rings (SSSR count). The molecule has 8 nitrogen and oxygen atoms in total. The maximum atomic E-state index is 13.4. The van der Waals surface area contributed by atoms with Crippen LogP contribution in [0.1, 0.15) is 27.5 Å². The van der Waals surface area contributed by atoms with Gasteiger partial charge in [-0.15, -0.1) is 0 Å². The summed E-state index contributed by atoms with van der Waals surface area (Å²) in [6.45, 7) is 0. The number of hydrogen-bond donors (Lipinski definition) is 1. The van der Waals surface area contributed by atoms with Gasteiger partial charge in [-0.3, -0.25) is 14.5 Å². The first-order valence-electron chi connectivity index (χ1n) is 11.3. The second-order valence-electron chi connectivity index (χ2n) is 8.54. The zero-order valence-electron chi connectivity index (χ0n) is 20.7. The normalized spacial score (nSPS) is 16.6. The molecule has 0 aromatic heterocycles. The quantitative estimate of drug-likeness (QED) is 0.215. The third kappa shape index (κ3) is 4.75. The molecule has 1 amide bonds. The largest absolute Gasteiger partial charge is 0.507 e. The van der Waals surface area contributed by atoms with Gasteiger partial charge in [0, 0.05) is 30.5 Å². The number of halogens is 1. The fourth-order valence-electron chi connectivity index (χ4n) is 4.26. The number of methoxy groups -OCH3 is 2. The van der Waals surface area contributed by atoms with Crippen LogP contribution in [0.2, 0.25) is 5.02 Å². The lowest BCUT2D eigenvalue weighted by Crippen LogP contribution is -2.29. The van der Waals surface area contributed by atoms with Gasteiger partial charge in [-0.25, -0.2) is 4.79 Å². The number of nitrogens with zero attached hydrogens (tertiary/aromatic N) is 2. The predicted molar refractivity (Wildman–Crippen MR) is 141 cm³/mol. The molecule has 190 valence electrons. The Morgan fingerprint density at radius 3 is 2.19 bits per heavy atom. The van der Waals surface area contributed by atoms with E-state index < -0.39 is 29.5 Å². The molecule has 9 heteroatoms. The third-order valence-corrected chi connectivity index (χ3v) is 6.39. The van der Waals surface area contributed by atoms with Crippen LogP contribution in [0.15, 0.2) is 72.3 Å². The number of Topliss-reactive ketones (excluding diaryl/α,β-unsaturated/α-hetero) is 1. The van der Waals surface area contributed by atoms with Gasteiger partial charge in [-0.05, 0) is 60.2 Å². The number of rotatable bonds is 6. The highest BCUT2D eigenvalue weighted by atomic mass is 35.5. The fourth-order valence-corrected chi connectivity index (χ4v) is 4.43. The van der Waals surface area contributed by atoms with E-state index in [4.69, 9.17) is 21.1 Å². The minimum Gasteiger partial charge on any atom is -0.507 e. The van der Waals surface area contributed by atoms with E-state index in [1.165, 1.54) is 37.3 Å². The molecule has 1 aliphatic heterocycles. The van der Waals surface area contributed by atoms with Crippen LogP contribution in [-0.4, -0.2) is 51.1 Å². The highest BCUT2D eigenvalue weighted by molar-refractivity contribution is 6.51. The molecule has 37 heavy (non-hydrogen) atoms. The van der Waals surface area contributed by atoms with Crippen molar-refractivity contribution in [1.29, 1.82) is 0 Å². The van der Waals surface area contributed by atoms with E-state index in [0.29, 0.717) is 21.8 Å². The number of esters is 1. The minimum atomic E-state index is -0.955. The number of carbonyl (C=O) groups is 3. The number of ether oxygens (including phenoxy) is 2. The van der Waals surface area contributed by atoms with Crippen LogP contribution in [0.25, 0.3) is 5.76 Å². The number of hydrogen-bond acceptors (Lipinski definition) is 7. The topological polar surface area (TPSA) is 96.4 Å². The van der Waals surface area contributed by atoms with E-state index in [1.54, 1.807) is 36.4 Å². The van der Waals surface area contributed by atoms with Crippen LogP contribution >= 0.6 is 11.6 Å². The number of anilines is 2. The second kappa shape index (κ2) is 10.4. The number of aliphatic hydroxyl groups is 1.